The fourth-order valence-corrected chi connectivity index (χ4v) is 1.53. The summed E-state index contributed by atoms with van der Waals surface area (Å²) in [7, 11) is 1.36. The largest absolute Gasteiger partial charge is 0.490 e. The number of ether oxygens (including phenoxy) is 2. The highest BCUT2D eigenvalue weighted by Gasteiger charge is 2.20. The third-order valence-electron chi connectivity index (χ3n) is 2.48. The van der Waals surface area contributed by atoms with Crippen LogP contribution in [0.3, 0.4) is 0 Å². The van der Waals surface area contributed by atoms with E-state index in [9.17, 15) is 9.59 Å². The van der Waals surface area contributed by atoms with Crippen molar-refractivity contribution in [2.45, 2.75) is 6.42 Å². The van der Waals surface area contributed by atoms with Gasteiger partial charge in [0.05, 0.1) is 7.11 Å². The van der Waals surface area contributed by atoms with Gasteiger partial charge >= 0.3 is 11.9 Å². The molecule has 0 aliphatic carbocycles. The van der Waals surface area contributed by atoms with Crippen LogP contribution in [0, 0.1) is 0 Å². The van der Waals surface area contributed by atoms with Crippen LogP contribution < -0.4 is 14.4 Å². The van der Waals surface area contributed by atoms with Crippen LogP contribution in [0.15, 0.2) is 50.1 Å². The fourth-order valence-electron chi connectivity index (χ4n) is 1.53. The Balaban J connectivity index is 3.23. The minimum absolute atomic E-state index is 0.0670. The molecule has 6 heteroatoms. The van der Waals surface area contributed by atoms with Crippen LogP contribution in [-0.2, 0) is 20.9 Å². The molecule has 6 nitrogen and oxygen atoms in total. The van der Waals surface area contributed by atoms with Crippen LogP contribution in [0.4, 0.5) is 0 Å². The van der Waals surface area contributed by atoms with Crippen LogP contribution in [0.2, 0.25) is 0 Å². The number of esters is 1. The summed E-state index contributed by atoms with van der Waals surface area (Å²) in [6.45, 7) is 10.2. The minimum atomic E-state index is -0.776. The number of hydrogen-bond donors (Lipinski definition) is 0. The summed E-state index contributed by atoms with van der Waals surface area (Å²) >= 11 is 0. The first-order valence-corrected chi connectivity index (χ1v) is 6.23. The van der Waals surface area contributed by atoms with E-state index in [1.807, 2.05) is 0 Å². The van der Waals surface area contributed by atoms with Gasteiger partial charge in [-0.3, -0.25) is 4.89 Å². The molecule has 0 atom stereocenters. The molecular weight excluding hydrogens is 288 g/mol. The summed E-state index contributed by atoms with van der Waals surface area (Å²) < 4.78 is 10.4. The average molecular weight is 304 g/mol. The summed E-state index contributed by atoms with van der Waals surface area (Å²) in [5.74, 6) is -1.13. The molecule has 0 aliphatic rings. The molecular formula is C16H16O6. The maximum Gasteiger partial charge on any atom is 0.378 e. The highest BCUT2D eigenvalue weighted by Crippen LogP contribution is 2.40. The summed E-state index contributed by atoms with van der Waals surface area (Å²) in [5.41, 5.74) is 0.643. The van der Waals surface area contributed by atoms with E-state index in [4.69, 9.17) is 14.4 Å². The Bertz CT molecular complexity index is 603. The lowest BCUT2D eigenvalue weighted by Crippen LogP contribution is -2.09. The van der Waals surface area contributed by atoms with E-state index in [1.165, 1.54) is 13.2 Å². The van der Waals surface area contributed by atoms with Crippen molar-refractivity contribution in [3.05, 3.63) is 55.7 Å². The Morgan fingerprint density at radius 1 is 1.09 bits per heavy atom. The van der Waals surface area contributed by atoms with Crippen molar-refractivity contribution in [2.24, 2.45) is 0 Å². The highest BCUT2D eigenvalue weighted by molar-refractivity contribution is 5.84. The number of carbonyl (C=O) groups excluding carboxylic acids is 2. The van der Waals surface area contributed by atoms with E-state index >= 15 is 0 Å². The fraction of sp³-hybridized carbons (Fsp3) is 0.125. The topological polar surface area (TPSA) is 71.1 Å². The van der Waals surface area contributed by atoms with Gasteiger partial charge in [0.1, 0.15) is 0 Å². The third kappa shape index (κ3) is 4.24. The van der Waals surface area contributed by atoms with Crippen LogP contribution in [0.5, 0.6) is 17.2 Å². The normalized spacial score (nSPS) is 9.32. The number of benzene rings is 1. The molecule has 116 valence electrons. The molecule has 0 aromatic heterocycles. The van der Waals surface area contributed by atoms with Gasteiger partial charge in [0.2, 0.25) is 11.5 Å². The summed E-state index contributed by atoms with van der Waals surface area (Å²) in [6, 6.07) is 3.15. The molecule has 0 radical (unpaired) electrons. The molecule has 0 fully saturated rings. The third-order valence-corrected chi connectivity index (χ3v) is 2.48. The van der Waals surface area contributed by atoms with E-state index in [0.717, 1.165) is 12.2 Å². The Kier molecular flexibility index (Phi) is 6.43. The number of rotatable bonds is 8. The number of allylic oxidation sites excluding steroid dienone is 1. The predicted octanol–water partition coefficient (Wildman–Crippen LogP) is 2.54. The van der Waals surface area contributed by atoms with E-state index in [-0.39, 0.29) is 17.2 Å². The van der Waals surface area contributed by atoms with Gasteiger partial charge in [-0.1, -0.05) is 25.3 Å². The van der Waals surface area contributed by atoms with Gasteiger partial charge in [0.15, 0.2) is 5.75 Å². The first kappa shape index (κ1) is 17.0. The molecule has 0 saturated carbocycles. The zero-order valence-electron chi connectivity index (χ0n) is 12.2. The highest BCUT2D eigenvalue weighted by atomic mass is 17.2. The molecule has 22 heavy (non-hydrogen) atoms. The van der Waals surface area contributed by atoms with Crippen LogP contribution in [-0.4, -0.2) is 19.0 Å². The summed E-state index contributed by atoms with van der Waals surface area (Å²) in [4.78, 5) is 31.9. The lowest BCUT2D eigenvalue weighted by Gasteiger charge is -2.15. The Morgan fingerprint density at radius 2 is 1.77 bits per heavy atom. The number of hydrogen-bond acceptors (Lipinski definition) is 6. The molecule has 0 amide bonds. The van der Waals surface area contributed by atoms with E-state index in [1.54, 1.807) is 12.1 Å². The Labute approximate surface area is 128 Å². The van der Waals surface area contributed by atoms with Crippen molar-refractivity contribution in [2.75, 3.05) is 7.11 Å². The zero-order chi connectivity index (χ0) is 16.5. The molecule has 1 rings (SSSR count). The van der Waals surface area contributed by atoms with Crippen molar-refractivity contribution in [3.63, 3.8) is 0 Å². The van der Waals surface area contributed by atoms with Crippen LogP contribution in [0.25, 0.3) is 0 Å². The van der Waals surface area contributed by atoms with Crippen molar-refractivity contribution in [3.8, 4) is 17.2 Å². The SMILES string of the molecule is C=CCc1ccc(OOC(=O)C=C)c(OC)c1OC(=O)C=C. The summed E-state index contributed by atoms with van der Waals surface area (Å²) in [6.07, 6.45) is 4.03. The second kappa shape index (κ2) is 8.31. The molecule has 1 aromatic rings. The molecule has 0 heterocycles. The number of carbonyl (C=O) groups is 2. The molecule has 0 N–H and O–H groups in total. The van der Waals surface area contributed by atoms with E-state index in [2.05, 4.69) is 24.6 Å². The lowest BCUT2D eigenvalue weighted by molar-refractivity contribution is -0.207. The van der Waals surface area contributed by atoms with Crippen molar-refractivity contribution in [1.82, 2.24) is 0 Å². The van der Waals surface area contributed by atoms with Gasteiger partial charge in [-0.25, -0.2) is 14.5 Å². The molecule has 1 aromatic carbocycles. The van der Waals surface area contributed by atoms with E-state index in [0.29, 0.717) is 12.0 Å². The zero-order valence-corrected chi connectivity index (χ0v) is 12.2. The minimum Gasteiger partial charge on any atom is -0.490 e. The van der Waals surface area contributed by atoms with Gasteiger partial charge in [-0.05, 0) is 12.5 Å². The van der Waals surface area contributed by atoms with Crippen molar-refractivity contribution < 1.29 is 28.8 Å². The van der Waals surface area contributed by atoms with Crippen LogP contribution in [0.1, 0.15) is 5.56 Å². The van der Waals surface area contributed by atoms with Gasteiger partial charge in [0.25, 0.3) is 0 Å². The predicted molar refractivity (Wildman–Crippen MR) is 79.6 cm³/mol. The Hall–Kier alpha value is -3.02. The molecule has 0 spiro atoms. The van der Waals surface area contributed by atoms with Gasteiger partial charge in [-0.15, -0.1) is 6.58 Å². The smallest absolute Gasteiger partial charge is 0.378 e. The Morgan fingerprint density at radius 3 is 2.32 bits per heavy atom. The second-order valence-electron chi connectivity index (χ2n) is 3.89. The first-order valence-electron chi connectivity index (χ1n) is 6.23. The molecule has 0 aliphatic heterocycles. The average Bonchev–Trinajstić information content (AvgIpc) is 2.54. The standard InChI is InChI=1S/C16H16O6/c1-5-8-11-9-10-12(21-22-14(18)7-3)16(19-4)15(11)20-13(17)6-2/h5-7,9-10H,1-3,8H2,4H3. The van der Waals surface area contributed by atoms with Gasteiger partial charge < -0.3 is 9.47 Å². The van der Waals surface area contributed by atoms with Crippen molar-refractivity contribution in [1.29, 1.82) is 0 Å². The molecule has 0 bridgehead atoms. The van der Waals surface area contributed by atoms with Crippen molar-refractivity contribution >= 4 is 11.9 Å². The monoisotopic (exact) mass is 304 g/mol. The lowest BCUT2D eigenvalue weighted by atomic mass is 10.1. The summed E-state index contributed by atoms with van der Waals surface area (Å²) in [5, 5.41) is 0. The maximum absolute atomic E-state index is 11.5. The second-order valence-corrected chi connectivity index (χ2v) is 3.89. The molecule has 0 saturated heterocycles. The van der Waals surface area contributed by atoms with Crippen LogP contribution >= 0.6 is 0 Å². The number of methoxy groups -OCH3 is 1. The molecule has 0 unspecified atom stereocenters. The van der Waals surface area contributed by atoms with Gasteiger partial charge in [-0.2, -0.15) is 0 Å². The maximum atomic E-state index is 11.5. The van der Waals surface area contributed by atoms with Gasteiger partial charge in [0, 0.05) is 17.7 Å². The van der Waals surface area contributed by atoms with E-state index < -0.39 is 11.9 Å². The first-order chi connectivity index (χ1) is 10.6. The quantitative estimate of drug-likeness (QED) is 0.183.